The minimum atomic E-state index is -0.751. The largest absolute Gasteiger partial charge is 0.514 e. The standard InChI is InChI=1S/C18H19NO5/c20-18(23-14-7-5-13(6-8-14)19(21)22)24-16-10-4-12-2-1-11-3-9-15(16)17(11)12/h4-8,10-12,15-17H,1-3,9H2/t11?,12?,15?,16-,17+/m1/s1. The molecule has 0 aliphatic heterocycles. The molecule has 2 fully saturated rings. The second kappa shape index (κ2) is 5.92. The van der Waals surface area contributed by atoms with Gasteiger partial charge in [0.15, 0.2) is 0 Å². The summed E-state index contributed by atoms with van der Waals surface area (Å²) in [6.07, 6.45) is 8.11. The van der Waals surface area contributed by atoms with Crippen LogP contribution in [0, 0.1) is 33.8 Å². The summed E-state index contributed by atoms with van der Waals surface area (Å²) in [4.78, 5) is 22.2. The van der Waals surface area contributed by atoms with E-state index in [0.717, 1.165) is 12.3 Å². The van der Waals surface area contributed by atoms with Gasteiger partial charge in [0.05, 0.1) is 4.92 Å². The topological polar surface area (TPSA) is 78.7 Å². The summed E-state index contributed by atoms with van der Waals surface area (Å²) in [7, 11) is 0. The lowest BCUT2D eigenvalue weighted by atomic mass is 9.77. The second-order valence-electron chi connectivity index (χ2n) is 6.89. The first-order valence-electron chi connectivity index (χ1n) is 8.43. The van der Waals surface area contributed by atoms with E-state index in [1.54, 1.807) is 0 Å². The Bertz CT molecular complexity index is 683. The highest BCUT2D eigenvalue weighted by Gasteiger charge is 2.49. The van der Waals surface area contributed by atoms with Crippen molar-refractivity contribution < 1.29 is 19.2 Å². The highest BCUT2D eigenvalue weighted by Crippen LogP contribution is 2.54. The summed E-state index contributed by atoms with van der Waals surface area (Å²) < 4.78 is 10.7. The number of hydrogen-bond acceptors (Lipinski definition) is 5. The van der Waals surface area contributed by atoms with E-state index in [4.69, 9.17) is 9.47 Å². The summed E-state index contributed by atoms with van der Waals surface area (Å²) in [5, 5.41) is 10.6. The molecule has 0 spiro atoms. The number of carbonyl (C=O) groups excluding carboxylic acids is 1. The molecule has 1 aromatic rings. The van der Waals surface area contributed by atoms with Crippen LogP contribution in [0.2, 0.25) is 0 Å². The van der Waals surface area contributed by atoms with Crippen LogP contribution in [0.25, 0.3) is 0 Å². The molecule has 3 aliphatic carbocycles. The Morgan fingerprint density at radius 3 is 2.58 bits per heavy atom. The van der Waals surface area contributed by atoms with Crippen molar-refractivity contribution >= 4 is 11.8 Å². The van der Waals surface area contributed by atoms with Crippen LogP contribution in [-0.2, 0) is 4.74 Å². The van der Waals surface area contributed by atoms with Crippen molar-refractivity contribution in [2.45, 2.75) is 31.8 Å². The maximum atomic E-state index is 12.1. The second-order valence-corrected chi connectivity index (χ2v) is 6.89. The number of rotatable bonds is 3. The highest BCUT2D eigenvalue weighted by molar-refractivity contribution is 5.64. The fourth-order valence-electron chi connectivity index (χ4n) is 4.74. The summed E-state index contributed by atoms with van der Waals surface area (Å²) >= 11 is 0. The van der Waals surface area contributed by atoms with Gasteiger partial charge in [0.25, 0.3) is 5.69 Å². The molecule has 0 radical (unpaired) electrons. The van der Waals surface area contributed by atoms with Crippen molar-refractivity contribution in [1.29, 1.82) is 0 Å². The predicted molar refractivity (Wildman–Crippen MR) is 85.6 cm³/mol. The molecule has 0 saturated heterocycles. The van der Waals surface area contributed by atoms with Gasteiger partial charge in [0, 0.05) is 18.1 Å². The maximum Gasteiger partial charge on any atom is 0.514 e. The molecule has 0 heterocycles. The van der Waals surface area contributed by atoms with Crippen molar-refractivity contribution in [3.63, 3.8) is 0 Å². The van der Waals surface area contributed by atoms with Gasteiger partial charge < -0.3 is 9.47 Å². The fraction of sp³-hybridized carbons (Fsp3) is 0.500. The normalized spacial score (nSPS) is 33.1. The average Bonchev–Trinajstić information content (AvgIpc) is 3.16. The van der Waals surface area contributed by atoms with E-state index >= 15 is 0 Å². The van der Waals surface area contributed by atoms with Crippen LogP contribution in [0.15, 0.2) is 36.4 Å². The van der Waals surface area contributed by atoms with Gasteiger partial charge in [-0.25, -0.2) is 4.79 Å². The summed E-state index contributed by atoms with van der Waals surface area (Å²) in [6.45, 7) is 0. The first kappa shape index (κ1) is 15.2. The zero-order chi connectivity index (χ0) is 16.7. The van der Waals surface area contributed by atoms with Gasteiger partial charge in [-0.05, 0) is 61.6 Å². The molecule has 2 saturated carbocycles. The Morgan fingerprint density at radius 2 is 1.83 bits per heavy atom. The van der Waals surface area contributed by atoms with Crippen LogP contribution >= 0.6 is 0 Å². The SMILES string of the molecule is O=C(Oc1ccc([N+](=O)[O-])cc1)O[C@@H]1C=CC2CCC3CCC1[C@H]23. The van der Waals surface area contributed by atoms with E-state index < -0.39 is 11.1 Å². The monoisotopic (exact) mass is 329 g/mol. The third kappa shape index (κ3) is 2.66. The first-order valence-corrected chi connectivity index (χ1v) is 8.43. The molecule has 24 heavy (non-hydrogen) atoms. The van der Waals surface area contributed by atoms with E-state index in [1.165, 1.54) is 43.5 Å². The molecule has 126 valence electrons. The Balaban J connectivity index is 1.39. The Kier molecular flexibility index (Phi) is 3.75. The van der Waals surface area contributed by atoms with Crippen molar-refractivity contribution in [3.8, 4) is 5.75 Å². The van der Waals surface area contributed by atoms with Crippen molar-refractivity contribution in [1.82, 2.24) is 0 Å². The maximum absolute atomic E-state index is 12.1. The number of nitro groups is 1. The number of benzene rings is 1. The van der Waals surface area contributed by atoms with Crippen LogP contribution in [0.3, 0.4) is 0 Å². The van der Waals surface area contributed by atoms with Gasteiger partial charge >= 0.3 is 6.16 Å². The van der Waals surface area contributed by atoms with E-state index in [9.17, 15) is 14.9 Å². The van der Waals surface area contributed by atoms with Gasteiger partial charge in [-0.2, -0.15) is 0 Å². The van der Waals surface area contributed by atoms with E-state index in [0.29, 0.717) is 17.8 Å². The van der Waals surface area contributed by atoms with Crippen LogP contribution in [0.5, 0.6) is 5.75 Å². The number of carbonyl (C=O) groups is 1. The molecule has 0 amide bonds. The van der Waals surface area contributed by atoms with Crippen molar-refractivity contribution in [3.05, 3.63) is 46.5 Å². The van der Waals surface area contributed by atoms with Crippen molar-refractivity contribution in [2.75, 3.05) is 0 Å². The summed E-state index contributed by atoms with van der Waals surface area (Å²) in [5.41, 5.74) is -0.0461. The zero-order valence-corrected chi connectivity index (χ0v) is 13.2. The lowest BCUT2D eigenvalue weighted by Crippen LogP contribution is -2.34. The number of non-ortho nitro benzene ring substituents is 1. The van der Waals surface area contributed by atoms with Crippen LogP contribution in [0.1, 0.15) is 25.7 Å². The molecule has 5 atom stereocenters. The smallest absolute Gasteiger partial charge is 0.426 e. The van der Waals surface area contributed by atoms with E-state index in [-0.39, 0.29) is 17.5 Å². The Labute approximate surface area is 139 Å². The number of allylic oxidation sites excluding steroid dienone is 1. The molecular formula is C18H19NO5. The zero-order valence-electron chi connectivity index (χ0n) is 13.2. The average molecular weight is 329 g/mol. The van der Waals surface area contributed by atoms with Gasteiger partial charge in [-0.3, -0.25) is 10.1 Å². The molecule has 3 unspecified atom stereocenters. The van der Waals surface area contributed by atoms with Crippen molar-refractivity contribution in [2.24, 2.45) is 23.7 Å². The minimum absolute atomic E-state index is 0.0461. The predicted octanol–water partition coefficient (Wildman–Crippen LogP) is 4.10. The highest BCUT2D eigenvalue weighted by atomic mass is 16.7. The number of nitrogens with zero attached hydrogens (tertiary/aromatic N) is 1. The molecule has 0 aromatic heterocycles. The molecular weight excluding hydrogens is 310 g/mol. The third-order valence-electron chi connectivity index (χ3n) is 5.73. The number of hydrogen-bond donors (Lipinski definition) is 0. The van der Waals surface area contributed by atoms with Gasteiger partial charge in [0.1, 0.15) is 11.9 Å². The molecule has 0 N–H and O–H groups in total. The summed E-state index contributed by atoms with van der Waals surface area (Å²) in [5.74, 6) is 2.72. The molecule has 4 rings (SSSR count). The molecule has 1 aromatic carbocycles. The number of nitro benzene ring substituents is 1. The molecule has 0 bridgehead atoms. The Morgan fingerprint density at radius 1 is 1.08 bits per heavy atom. The fourth-order valence-corrected chi connectivity index (χ4v) is 4.74. The van der Waals surface area contributed by atoms with Crippen LogP contribution < -0.4 is 4.74 Å². The quantitative estimate of drug-likeness (QED) is 0.274. The van der Waals surface area contributed by atoms with Crippen LogP contribution in [0.4, 0.5) is 10.5 Å². The van der Waals surface area contributed by atoms with Crippen LogP contribution in [-0.4, -0.2) is 17.2 Å². The number of ether oxygens (including phenoxy) is 2. The van der Waals surface area contributed by atoms with E-state index in [1.807, 2.05) is 6.08 Å². The van der Waals surface area contributed by atoms with Gasteiger partial charge in [0.2, 0.25) is 0 Å². The third-order valence-corrected chi connectivity index (χ3v) is 5.73. The van der Waals surface area contributed by atoms with E-state index in [2.05, 4.69) is 6.08 Å². The van der Waals surface area contributed by atoms with Gasteiger partial charge in [-0.15, -0.1) is 0 Å². The Hall–Kier alpha value is -2.37. The molecule has 6 heteroatoms. The lowest BCUT2D eigenvalue weighted by molar-refractivity contribution is -0.384. The first-order chi connectivity index (χ1) is 11.6. The lowest BCUT2D eigenvalue weighted by Gasteiger charge is -2.32. The van der Waals surface area contributed by atoms with Gasteiger partial charge in [-0.1, -0.05) is 6.08 Å². The summed E-state index contributed by atoms with van der Waals surface area (Å²) in [6, 6.07) is 5.39. The minimum Gasteiger partial charge on any atom is -0.426 e. The molecule has 6 nitrogen and oxygen atoms in total. The molecule has 3 aliphatic rings.